The normalized spacial score (nSPS) is 16.6. The van der Waals surface area contributed by atoms with Gasteiger partial charge in [-0.2, -0.15) is 0 Å². The van der Waals surface area contributed by atoms with Gasteiger partial charge >= 0.3 is 0 Å². The molecule has 0 bridgehead atoms. The Bertz CT molecular complexity index is 911. The molecule has 0 radical (unpaired) electrons. The third-order valence-corrected chi connectivity index (χ3v) is 7.79. The Hall–Kier alpha value is -1.96. The Balaban J connectivity index is 0.00000112. The lowest BCUT2D eigenvalue weighted by Gasteiger charge is -2.46. The second kappa shape index (κ2) is 14.8. The van der Waals surface area contributed by atoms with Crippen molar-refractivity contribution in [3.63, 3.8) is 0 Å². The topological polar surface area (TPSA) is 12.5 Å². The molecule has 0 amide bonds. The van der Waals surface area contributed by atoms with Crippen LogP contribution in [0.15, 0.2) is 42.5 Å². The smallest absolute Gasteiger partial charge is 0.119 e. The number of methoxy groups -OCH3 is 1. The molecule has 0 saturated heterocycles. The van der Waals surface area contributed by atoms with Crippen LogP contribution in [0, 0.1) is 10.8 Å². The summed E-state index contributed by atoms with van der Waals surface area (Å²) >= 11 is 0. The molecule has 2 heteroatoms. The second-order valence-electron chi connectivity index (χ2n) is 12.8. The average Bonchev–Trinajstić information content (AvgIpc) is 2.86. The third-order valence-electron chi connectivity index (χ3n) is 7.79. The molecule has 2 aromatic carbocycles. The van der Waals surface area contributed by atoms with E-state index in [2.05, 4.69) is 96.7 Å². The van der Waals surface area contributed by atoms with E-state index in [1.807, 2.05) is 6.07 Å². The number of anilines is 1. The predicted molar refractivity (Wildman–Crippen MR) is 165 cm³/mol. The van der Waals surface area contributed by atoms with Gasteiger partial charge in [0.05, 0.1) is 7.11 Å². The van der Waals surface area contributed by atoms with E-state index < -0.39 is 0 Å². The minimum atomic E-state index is 0.382. The molecule has 0 aliphatic heterocycles. The fourth-order valence-electron chi connectivity index (χ4n) is 6.39. The fourth-order valence-corrected chi connectivity index (χ4v) is 6.39. The third kappa shape index (κ3) is 9.69. The molecule has 37 heavy (non-hydrogen) atoms. The van der Waals surface area contributed by atoms with Crippen molar-refractivity contribution in [1.29, 1.82) is 0 Å². The molecule has 0 aromatic heterocycles. The molecule has 0 heterocycles. The number of hydrogen-bond acceptors (Lipinski definition) is 2. The van der Waals surface area contributed by atoms with Crippen molar-refractivity contribution in [2.45, 2.75) is 119 Å². The lowest BCUT2D eigenvalue weighted by Crippen LogP contribution is -2.34. The molecule has 1 aliphatic carbocycles. The largest absolute Gasteiger partial charge is 0.497 e. The highest BCUT2D eigenvalue weighted by Crippen LogP contribution is 2.53. The molecule has 1 fully saturated rings. The van der Waals surface area contributed by atoms with E-state index in [0.29, 0.717) is 16.7 Å². The molecule has 2 nitrogen and oxygen atoms in total. The first-order chi connectivity index (χ1) is 17.6. The summed E-state index contributed by atoms with van der Waals surface area (Å²) in [6, 6.07) is 15.8. The molecular weight excluding hydrogens is 450 g/mol. The molecule has 0 N–H and O–H groups in total. The lowest BCUT2D eigenvalue weighted by atomic mass is 9.60. The van der Waals surface area contributed by atoms with Crippen LogP contribution >= 0.6 is 0 Å². The van der Waals surface area contributed by atoms with Crippen molar-refractivity contribution in [1.82, 2.24) is 0 Å². The standard InChI is InChI=1S/C31H47NO.C4H10/c1-8-10-11-18-32(17-9-2)29-20-25(24-13-12-14-27(19-24)33-7)15-16-28(29)26-21-30(3,4)23-31(5,6)22-26;1-3-4-2/h12-16,19-20,26H,8-11,17-18,21-23H2,1-7H3;3-4H2,1-2H3. The van der Waals surface area contributed by atoms with Gasteiger partial charge in [0.15, 0.2) is 0 Å². The highest BCUT2D eigenvalue weighted by Gasteiger charge is 2.39. The molecule has 0 unspecified atom stereocenters. The van der Waals surface area contributed by atoms with E-state index in [-0.39, 0.29) is 0 Å². The van der Waals surface area contributed by atoms with Gasteiger partial charge in [-0.05, 0) is 83.7 Å². The van der Waals surface area contributed by atoms with Crippen LogP contribution in [-0.4, -0.2) is 20.2 Å². The number of benzene rings is 2. The Morgan fingerprint density at radius 3 is 1.97 bits per heavy atom. The van der Waals surface area contributed by atoms with Crippen LogP contribution in [0.25, 0.3) is 11.1 Å². The van der Waals surface area contributed by atoms with Crippen LogP contribution < -0.4 is 9.64 Å². The maximum atomic E-state index is 5.51. The number of hydrogen-bond donors (Lipinski definition) is 0. The van der Waals surface area contributed by atoms with E-state index in [4.69, 9.17) is 4.74 Å². The van der Waals surface area contributed by atoms with E-state index in [0.717, 1.165) is 18.8 Å². The summed E-state index contributed by atoms with van der Waals surface area (Å²) < 4.78 is 5.51. The SMILES string of the molecule is CCCC.CCCCCN(CCC)c1cc(-c2cccc(OC)c2)ccc1C1CC(C)(C)CC(C)(C)C1. The van der Waals surface area contributed by atoms with Gasteiger partial charge in [-0.25, -0.2) is 0 Å². The molecule has 2 aromatic rings. The van der Waals surface area contributed by atoms with Crippen molar-refractivity contribution in [3.05, 3.63) is 48.0 Å². The van der Waals surface area contributed by atoms with Gasteiger partial charge in [0.25, 0.3) is 0 Å². The maximum Gasteiger partial charge on any atom is 0.119 e. The van der Waals surface area contributed by atoms with Crippen molar-refractivity contribution in [3.8, 4) is 16.9 Å². The van der Waals surface area contributed by atoms with Crippen LogP contribution in [0.1, 0.15) is 125 Å². The Labute approximate surface area is 230 Å². The van der Waals surface area contributed by atoms with Crippen LogP contribution in [0.2, 0.25) is 0 Å². The molecular formula is C35H57NO. The van der Waals surface area contributed by atoms with E-state index in [1.54, 1.807) is 12.7 Å². The molecule has 3 rings (SSSR count). The molecule has 208 valence electrons. The summed E-state index contributed by atoms with van der Waals surface area (Å²) in [6.45, 7) is 21.1. The van der Waals surface area contributed by atoms with Crippen LogP contribution in [0.5, 0.6) is 5.75 Å². The molecule has 0 atom stereocenters. The van der Waals surface area contributed by atoms with Gasteiger partial charge < -0.3 is 9.64 Å². The number of unbranched alkanes of at least 4 members (excludes halogenated alkanes) is 3. The summed E-state index contributed by atoms with van der Waals surface area (Å²) in [6.07, 6.45) is 11.5. The summed E-state index contributed by atoms with van der Waals surface area (Å²) in [5.74, 6) is 1.53. The first-order valence-electron chi connectivity index (χ1n) is 15.1. The van der Waals surface area contributed by atoms with Crippen LogP contribution in [0.3, 0.4) is 0 Å². The maximum absolute atomic E-state index is 5.51. The van der Waals surface area contributed by atoms with E-state index >= 15 is 0 Å². The zero-order chi connectivity index (χ0) is 27.5. The minimum Gasteiger partial charge on any atom is -0.497 e. The summed E-state index contributed by atoms with van der Waals surface area (Å²) in [7, 11) is 1.75. The van der Waals surface area contributed by atoms with Gasteiger partial charge in [-0.1, -0.05) is 105 Å². The fraction of sp³-hybridized carbons (Fsp3) is 0.657. The van der Waals surface area contributed by atoms with Gasteiger partial charge in [0.1, 0.15) is 5.75 Å². The Morgan fingerprint density at radius 1 is 0.757 bits per heavy atom. The van der Waals surface area contributed by atoms with Crippen molar-refractivity contribution in [2.75, 3.05) is 25.1 Å². The van der Waals surface area contributed by atoms with E-state index in [9.17, 15) is 0 Å². The number of ether oxygens (including phenoxy) is 1. The zero-order valence-electron chi connectivity index (χ0n) is 25.8. The zero-order valence-corrected chi connectivity index (χ0v) is 25.8. The lowest BCUT2D eigenvalue weighted by molar-refractivity contribution is 0.0970. The van der Waals surface area contributed by atoms with Gasteiger partial charge in [-0.15, -0.1) is 0 Å². The highest BCUT2D eigenvalue weighted by atomic mass is 16.5. The highest BCUT2D eigenvalue weighted by molar-refractivity contribution is 5.72. The number of nitrogens with zero attached hydrogens (tertiary/aromatic N) is 1. The summed E-state index contributed by atoms with van der Waals surface area (Å²) in [5.41, 5.74) is 6.31. The van der Waals surface area contributed by atoms with Crippen molar-refractivity contribution >= 4 is 5.69 Å². The van der Waals surface area contributed by atoms with Crippen molar-refractivity contribution in [2.24, 2.45) is 10.8 Å². The Kier molecular flexibility index (Phi) is 12.5. The van der Waals surface area contributed by atoms with Gasteiger partial charge in [-0.3, -0.25) is 0 Å². The molecule has 1 saturated carbocycles. The summed E-state index contributed by atoms with van der Waals surface area (Å²) in [5, 5.41) is 0. The summed E-state index contributed by atoms with van der Waals surface area (Å²) in [4.78, 5) is 2.68. The van der Waals surface area contributed by atoms with Gasteiger partial charge in [0.2, 0.25) is 0 Å². The molecule has 0 spiro atoms. The van der Waals surface area contributed by atoms with Crippen LogP contribution in [0.4, 0.5) is 5.69 Å². The first kappa shape index (κ1) is 31.3. The van der Waals surface area contributed by atoms with Crippen molar-refractivity contribution < 1.29 is 4.74 Å². The first-order valence-corrected chi connectivity index (χ1v) is 15.1. The molecule has 1 aliphatic rings. The Morgan fingerprint density at radius 2 is 1.41 bits per heavy atom. The van der Waals surface area contributed by atoms with Crippen LogP contribution in [-0.2, 0) is 0 Å². The second-order valence-corrected chi connectivity index (χ2v) is 12.8. The van der Waals surface area contributed by atoms with Gasteiger partial charge in [0, 0.05) is 18.8 Å². The monoisotopic (exact) mass is 507 g/mol. The predicted octanol–water partition coefficient (Wildman–Crippen LogP) is 10.9. The number of rotatable bonds is 11. The quantitative estimate of drug-likeness (QED) is 0.280. The average molecular weight is 508 g/mol. The van der Waals surface area contributed by atoms with E-state index in [1.165, 1.54) is 74.6 Å². The minimum absolute atomic E-state index is 0.382.